The molecule has 0 radical (unpaired) electrons. The summed E-state index contributed by atoms with van der Waals surface area (Å²) in [4.78, 5) is 0. The number of hydrogen-bond acceptors (Lipinski definition) is 1. The van der Waals surface area contributed by atoms with Crippen molar-refractivity contribution in [1.29, 1.82) is 0 Å². The summed E-state index contributed by atoms with van der Waals surface area (Å²) >= 11 is 0. The first-order valence-corrected chi connectivity index (χ1v) is 6.28. The second-order valence-corrected chi connectivity index (χ2v) is 5.43. The Morgan fingerprint density at radius 2 is 1.62 bits per heavy atom. The number of rotatable bonds is 5. The predicted octanol–water partition coefficient (Wildman–Crippen LogP) is 3.47. The summed E-state index contributed by atoms with van der Waals surface area (Å²) in [7, 11) is 0. The van der Waals surface area contributed by atoms with Crippen molar-refractivity contribution in [3.63, 3.8) is 0 Å². The normalized spacial score (nSPS) is 13.1. The largest absolute Gasteiger partial charge is 0.330 e. The van der Waals surface area contributed by atoms with Crippen LogP contribution in [0.25, 0.3) is 0 Å². The molecule has 0 fully saturated rings. The van der Waals surface area contributed by atoms with Gasteiger partial charge in [-0.25, -0.2) is 0 Å². The molecule has 1 aromatic carbocycles. The van der Waals surface area contributed by atoms with Crippen LogP contribution in [0.1, 0.15) is 37.0 Å². The van der Waals surface area contributed by atoms with E-state index >= 15 is 0 Å². The lowest BCUT2D eigenvalue weighted by Crippen LogP contribution is -2.18. The third kappa shape index (κ3) is 4.36. The highest BCUT2D eigenvalue weighted by Gasteiger charge is 2.10. The Labute approximate surface area is 100 Å². The Morgan fingerprint density at radius 3 is 2.06 bits per heavy atom. The lowest BCUT2D eigenvalue weighted by Gasteiger charge is -2.17. The average molecular weight is 219 g/mol. The highest BCUT2D eigenvalue weighted by Crippen LogP contribution is 2.18. The van der Waals surface area contributed by atoms with Crippen molar-refractivity contribution in [2.75, 3.05) is 6.54 Å². The maximum absolute atomic E-state index is 5.85. The summed E-state index contributed by atoms with van der Waals surface area (Å²) in [6, 6.07) is 6.80. The van der Waals surface area contributed by atoms with E-state index in [1.165, 1.54) is 23.1 Å². The van der Waals surface area contributed by atoms with Crippen molar-refractivity contribution in [3.05, 3.63) is 34.9 Å². The molecule has 0 saturated heterocycles. The minimum absolute atomic E-state index is 0.626. The minimum Gasteiger partial charge on any atom is -0.330 e. The van der Waals surface area contributed by atoms with Crippen molar-refractivity contribution in [2.24, 2.45) is 17.6 Å². The summed E-state index contributed by atoms with van der Waals surface area (Å²) in [6.45, 7) is 9.66. The molecule has 0 saturated carbocycles. The van der Waals surface area contributed by atoms with Crippen LogP contribution < -0.4 is 5.73 Å². The Balaban J connectivity index is 2.69. The molecule has 0 spiro atoms. The first-order chi connectivity index (χ1) is 7.51. The van der Waals surface area contributed by atoms with Crippen molar-refractivity contribution >= 4 is 0 Å². The molecule has 16 heavy (non-hydrogen) atoms. The molecule has 1 nitrogen and oxygen atoms in total. The average Bonchev–Trinajstić information content (AvgIpc) is 2.14. The zero-order valence-corrected chi connectivity index (χ0v) is 11.1. The molecule has 0 aromatic heterocycles. The van der Waals surface area contributed by atoms with E-state index in [1.54, 1.807) is 0 Å². The van der Waals surface area contributed by atoms with Crippen molar-refractivity contribution in [3.8, 4) is 0 Å². The van der Waals surface area contributed by atoms with Gasteiger partial charge in [-0.1, -0.05) is 43.2 Å². The van der Waals surface area contributed by atoms with Gasteiger partial charge in [0.05, 0.1) is 0 Å². The summed E-state index contributed by atoms with van der Waals surface area (Å²) in [5.74, 6) is 1.36. The topological polar surface area (TPSA) is 26.0 Å². The van der Waals surface area contributed by atoms with Crippen LogP contribution >= 0.6 is 0 Å². The van der Waals surface area contributed by atoms with Gasteiger partial charge in [0, 0.05) is 0 Å². The summed E-state index contributed by atoms with van der Waals surface area (Å²) < 4.78 is 0. The first-order valence-electron chi connectivity index (χ1n) is 6.28. The van der Waals surface area contributed by atoms with Gasteiger partial charge in [0.25, 0.3) is 0 Å². The molecule has 0 heterocycles. The van der Waals surface area contributed by atoms with E-state index in [2.05, 4.69) is 45.9 Å². The van der Waals surface area contributed by atoms with E-state index < -0.39 is 0 Å². The quantitative estimate of drug-likeness (QED) is 0.806. The van der Waals surface area contributed by atoms with Crippen molar-refractivity contribution < 1.29 is 0 Å². The molecule has 1 atom stereocenters. The van der Waals surface area contributed by atoms with Gasteiger partial charge < -0.3 is 5.73 Å². The molecule has 1 unspecified atom stereocenters. The van der Waals surface area contributed by atoms with Gasteiger partial charge in [-0.3, -0.25) is 0 Å². The van der Waals surface area contributed by atoms with Crippen LogP contribution in [0.5, 0.6) is 0 Å². The molecule has 1 heteroatoms. The van der Waals surface area contributed by atoms with E-state index in [0.717, 1.165) is 18.9 Å². The fourth-order valence-electron chi connectivity index (χ4n) is 2.45. The third-order valence-electron chi connectivity index (χ3n) is 2.94. The number of aryl methyl sites for hydroxylation is 2. The zero-order chi connectivity index (χ0) is 12.1. The molecular weight excluding hydrogens is 194 g/mol. The first kappa shape index (κ1) is 13.2. The van der Waals surface area contributed by atoms with Crippen LogP contribution in [-0.4, -0.2) is 6.54 Å². The minimum atomic E-state index is 0.626. The number of nitrogens with two attached hydrogens (primary N) is 1. The Bertz CT molecular complexity index is 308. The Kier molecular flexibility index (Phi) is 5.01. The second kappa shape index (κ2) is 6.05. The molecule has 0 amide bonds. The van der Waals surface area contributed by atoms with Crippen molar-refractivity contribution in [1.82, 2.24) is 0 Å². The lowest BCUT2D eigenvalue weighted by molar-refractivity contribution is 0.415. The maximum atomic E-state index is 5.85. The molecule has 0 bridgehead atoms. The SMILES string of the molecule is Cc1cc(C)cc(CC(CN)CC(C)C)c1. The molecule has 90 valence electrons. The molecule has 0 aliphatic heterocycles. The van der Waals surface area contributed by atoms with Crippen LogP contribution in [0.2, 0.25) is 0 Å². The van der Waals surface area contributed by atoms with Crippen LogP contribution in [-0.2, 0) is 6.42 Å². The fourth-order valence-corrected chi connectivity index (χ4v) is 2.45. The van der Waals surface area contributed by atoms with Crippen LogP contribution in [0.3, 0.4) is 0 Å². The van der Waals surface area contributed by atoms with E-state index in [-0.39, 0.29) is 0 Å². The van der Waals surface area contributed by atoms with E-state index in [9.17, 15) is 0 Å². The van der Waals surface area contributed by atoms with Crippen LogP contribution in [0.4, 0.5) is 0 Å². The molecule has 0 aliphatic rings. The van der Waals surface area contributed by atoms with Crippen molar-refractivity contribution in [2.45, 2.75) is 40.5 Å². The molecule has 1 rings (SSSR count). The standard InChI is InChI=1S/C15H25N/c1-11(2)5-15(10-16)9-14-7-12(3)6-13(4)8-14/h6-8,11,15H,5,9-10,16H2,1-4H3. The highest BCUT2D eigenvalue weighted by atomic mass is 14.5. The maximum Gasteiger partial charge on any atom is -0.00456 e. The van der Waals surface area contributed by atoms with Gasteiger partial charge in [-0.05, 0) is 50.6 Å². The Morgan fingerprint density at radius 1 is 1.06 bits per heavy atom. The van der Waals surface area contributed by atoms with Gasteiger partial charge in [0.15, 0.2) is 0 Å². The highest BCUT2D eigenvalue weighted by molar-refractivity contribution is 5.28. The van der Waals surface area contributed by atoms with Gasteiger partial charge >= 0.3 is 0 Å². The van der Waals surface area contributed by atoms with Crippen LogP contribution in [0, 0.1) is 25.7 Å². The van der Waals surface area contributed by atoms with E-state index in [0.29, 0.717) is 5.92 Å². The fraction of sp³-hybridized carbons (Fsp3) is 0.600. The van der Waals surface area contributed by atoms with Gasteiger partial charge in [0.1, 0.15) is 0 Å². The molecule has 0 aliphatic carbocycles. The summed E-state index contributed by atoms with van der Waals surface area (Å²) in [5.41, 5.74) is 10.00. The third-order valence-corrected chi connectivity index (χ3v) is 2.94. The van der Waals surface area contributed by atoms with E-state index in [4.69, 9.17) is 5.73 Å². The smallest absolute Gasteiger partial charge is 0.00456 e. The van der Waals surface area contributed by atoms with Gasteiger partial charge in [0.2, 0.25) is 0 Å². The Hall–Kier alpha value is -0.820. The van der Waals surface area contributed by atoms with Gasteiger partial charge in [-0.15, -0.1) is 0 Å². The second-order valence-electron chi connectivity index (χ2n) is 5.43. The predicted molar refractivity (Wildman–Crippen MR) is 71.6 cm³/mol. The van der Waals surface area contributed by atoms with Crippen LogP contribution in [0.15, 0.2) is 18.2 Å². The summed E-state index contributed by atoms with van der Waals surface area (Å²) in [5, 5.41) is 0. The summed E-state index contributed by atoms with van der Waals surface area (Å²) in [6.07, 6.45) is 2.35. The van der Waals surface area contributed by atoms with Gasteiger partial charge in [-0.2, -0.15) is 0 Å². The number of benzene rings is 1. The zero-order valence-electron chi connectivity index (χ0n) is 11.1. The molecule has 2 N–H and O–H groups in total. The number of hydrogen-bond donors (Lipinski definition) is 1. The monoisotopic (exact) mass is 219 g/mol. The molecule has 1 aromatic rings. The molecular formula is C15H25N. The lowest BCUT2D eigenvalue weighted by atomic mass is 9.90. The van der Waals surface area contributed by atoms with E-state index in [1.807, 2.05) is 0 Å².